The van der Waals surface area contributed by atoms with Crippen molar-refractivity contribution >= 4 is 27.5 Å². The lowest BCUT2D eigenvalue weighted by molar-refractivity contribution is 0.0952. The Hall–Kier alpha value is -1.75. The van der Waals surface area contributed by atoms with Crippen LogP contribution in [0.15, 0.2) is 47.2 Å². The quantitative estimate of drug-likeness (QED) is 0.851. The molecule has 0 bridgehead atoms. The second-order valence-corrected chi connectivity index (χ2v) is 4.77. The molecule has 0 saturated heterocycles. The molecule has 94 valence electrons. The van der Waals surface area contributed by atoms with Gasteiger partial charge in [-0.2, -0.15) is 0 Å². The highest BCUT2D eigenvalue weighted by Gasteiger charge is 2.06. The van der Waals surface area contributed by atoms with Gasteiger partial charge in [-0.05, 0) is 46.3 Å². The van der Waals surface area contributed by atoms with E-state index in [0.717, 1.165) is 11.0 Å². The number of carbonyl (C=O) groups excluding carboxylic acids is 1. The van der Waals surface area contributed by atoms with Crippen molar-refractivity contribution in [3.8, 4) is 0 Å². The zero-order valence-corrected chi connectivity index (χ0v) is 11.4. The van der Waals surface area contributed by atoms with Crippen LogP contribution in [0.2, 0.25) is 0 Å². The highest BCUT2D eigenvalue weighted by atomic mass is 79.9. The number of anilines is 1. The van der Waals surface area contributed by atoms with E-state index in [9.17, 15) is 4.79 Å². The van der Waals surface area contributed by atoms with Crippen LogP contribution in [0.4, 0.5) is 5.69 Å². The maximum absolute atomic E-state index is 11.9. The molecule has 0 aliphatic rings. The summed E-state index contributed by atoms with van der Waals surface area (Å²) in [5, 5.41) is 2.86. The molecule has 0 aliphatic heterocycles. The average Bonchev–Trinajstić information content (AvgIpc) is 2.85. The summed E-state index contributed by atoms with van der Waals surface area (Å²) in [6, 6.07) is 9.06. The van der Waals surface area contributed by atoms with E-state index in [1.165, 1.54) is 0 Å². The molecule has 2 rings (SSSR count). The number of aromatic nitrogens is 1. The number of nitrogen functional groups attached to an aromatic ring is 1. The van der Waals surface area contributed by atoms with Gasteiger partial charge in [0.05, 0.1) is 0 Å². The summed E-state index contributed by atoms with van der Waals surface area (Å²) in [5.41, 5.74) is 6.90. The average molecular weight is 308 g/mol. The van der Waals surface area contributed by atoms with Crippen molar-refractivity contribution in [2.45, 2.75) is 6.54 Å². The Morgan fingerprint density at radius 3 is 2.72 bits per heavy atom. The summed E-state index contributed by atoms with van der Waals surface area (Å²) in [6.07, 6.45) is 3.93. The van der Waals surface area contributed by atoms with E-state index in [1.807, 2.05) is 29.1 Å². The molecule has 0 unspecified atom stereocenters. The summed E-state index contributed by atoms with van der Waals surface area (Å²) in [5.74, 6) is -0.0946. The van der Waals surface area contributed by atoms with Crippen molar-refractivity contribution in [2.75, 3.05) is 12.3 Å². The lowest BCUT2D eigenvalue weighted by atomic mass is 10.2. The van der Waals surface area contributed by atoms with Gasteiger partial charge in [0.25, 0.3) is 5.91 Å². The number of benzene rings is 1. The standard InChI is InChI=1S/C13H14BrN3O/c14-11-9-10(3-4-12(11)15)13(18)16-5-8-17-6-1-2-7-17/h1-4,6-7,9H,5,8,15H2,(H,16,18). The minimum atomic E-state index is -0.0946. The molecule has 0 aliphatic carbocycles. The van der Waals surface area contributed by atoms with Gasteiger partial charge in [0.2, 0.25) is 0 Å². The summed E-state index contributed by atoms with van der Waals surface area (Å²) in [7, 11) is 0. The fraction of sp³-hybridized carbons (Fsp3) is 0.154. The van der Waals surface area contributed by atoms with Crippen molar-refractivity contribution in [2.24, 2.45) is 0 Å². The molecule has 3 N–H and O–H groups in total. The minimum Gasteiger partial charge on any atom is -0.398 e. The van der Waals surface area contributed by atoms with Crippen LogP contribution in [-0.4, -0.2) is 17.0 Å². The summed E-state index contributed by atoms with van der Waals surface area (Å²) in [6.45, 7) is 1.35. The summed E-state index contributed by atoms with van der Waals surface area (Å²) >= 11 is 3.30. The van der Waals surface area contributed by atoms with E-state index in [0.29, 0.717) is 17.8 Å². The van der Waals surface area contributed by atoms with Gasteiger partial charge in [-0.15, -0.1) is 0 Å². The molecule has 0 radical (unpaired) electrons. The van der Waals surface area contributed by atoms with Gasteiger partial charge < -0.3 is 15.6 Å². The molecule has 1 heterocycles. The third-order valence-electron chi connectivity index (χ3n) is 2.58. The number of nitrogens with two attached hydrogens (primary N) is 1. The van der Waals surface area contributed by atoms with Crippen molar-refractivity contribution in [1.29, 1.82) is 0 Å². The molecule has 4 nitrogen and oxygen atoms in total. The van der Waals surface area contributed by atoms with Gasteiger partial charge in [-0.1, -0.05) is 0 Å². The van der Waals surface area contributed by atoms with Crippen LogP contribution in [0.5, 0.6) is 0 Å². The minimum absolute atomic E-state index is 0.0946. The monoisotopic (exact) mass is 307 g/mol. The van der Waals surface area contributed by atoms with Gasteiger partial charge in [0.1, 0.15) is 0 Å². The maximum atomic E-state index is 11.9. The lowest BCUT2D eigenvalue weighted by Crippen LogP contribution is -2.26. The van der Waals surface area contributed by atoms with Crippen molar-refractivity contribution in [3.63, 3.8) is 0 Å². The molecule has 1 aromatic heterocycles. The zero-order valence-electron chi connectivity index (χ0n) is 9.77. The second-order valence-electron chi connectivity index (χ2n) is 3.91. The number of rotatable bonds is 4. The van der Waals surface area contributed by atoms with Gasteiger partial charge in [0.15, 0.2) is 0 Å². The van der Waals surface area contributed by atoms with E-state index in [2.05, 4.69) is 21.2 Å². The summed E-state index contributed by atoms with van der Waals surface area (Å²) < 4.78 is 2.75. The molecule has 1 amide bonds. The fourth-order valence-corrected chi connectivity index (χ4v) is 1.97. The topological polar surface area (TPSA) is 60.1 Å². The normalized spacial score (nSPS) is 10.3. The van der Waals surface area contributed by atoms with Gasteiger partial charge >= 0.3 is 0 Å². The predicted molar refractivity (Wildman–Crippen MR) is 75.3 cm³/mol. The third kappa shape index (κ3) is 3.13. The van der Waals surface area contributed by atoms with Crippen LogP contribution in [0.1, 0.15) is 10.4 Å². The molecular weight excluding hydrogens is 294 g/mol. The third-order valence-corrected chi connectivity index (χ3v) is 3.27. The molecule has 5 heteroatoms. The van der Waals surface area contributed by atoms with Crippen molar-refractivity contribution < 1.29 is 4.79 Å². The summed E-state index contributed by atoms with van der Waals surface area (Å²) in [4.78, 5) is 11.9. The number of nitrogens with one attached hydrogen (secondary N) is 1. The Kier molecular flexibility index (Phi) is 4.04. The van der Waals surface area contributed by atoms with Crippen LogP contribution in [0, 0.1) is 0 Å². The number of carbonyl (C=O) groups is 1. The highest BCUT2D eigenvalue weighted by Crippen LogP contribution is 2.20. The SMILES string of the molecule is Nc1ccc(C(=O)NCCn2cccc2)cc1Br. The molecule has 2 aromatic rings. The lowest BCUT2D eigenvalue weighted by Gasteiger charge is -2.07. The first-order chi connectivity index (χ1) is 8.66. The molecule has 0 fully saturated rings. The number of nitrogens with zero attached hydrogens (tertiary/aromatic N) is 1. The van der Waals surface area contributed by atoms with Crippen LogP contribution in [0.3, 0.4) is 0 Å². The van der Waals surface area contributed by atoms with E-state index in [4.69, 9.17) is 5.73 Å². The Morgan fingerprint density at radius 2 is 2.06 bits per heavy atom. The fourth-order valence-electron chi connectivity index (χ4n) is 1.59. The smallest absolute Gasteiger partial charge is 0.251 e. The van der Waals surface area contributed by atoms with Gasteiger partial charge in [-0.3, -0.25) is 4.79 Å². The number of amides is 1. The first-order valence-corrected chi connectivity index (χ1v) is 6.40. The first-order valence-electron chi connectivity index (χ1n) is 5.61. The van der Waals surface area contributed by atoms with E-state index >= 15 is 0 Å². The van der Waals surface area contributed by atoms with Crippen LogP contribution >= 0.6 is 15.9 Å². The van der Waals surface area contributed by atoms with Crippen LogP contribution < -0.4 is 11.1 Å². The van der Waals surface area contributed by atoms with Gasteiger partial charge in [0, 0.05) is 41.2 Å². The first kappa shape index (κ1) is 12.7. The number of hydrogen-bond acceptors (Lipinski definition) is 2. The second kappa shape index (κ2) is 5.73. The largest absolute Gasteiger partial charge is 0.398 e. The molecule has 0 saturated carbocycles. The van der Waals surface area contributed by atoms with Gasteiger partial charge in [-0.25, -0.2) is 0 Å². The van der Waals surface area contributed by atoms with E-state index in [-0.39, 0.29) is 5.91 Å². The van der Waals surface area contributed by atoms with Crippen LogP contribution in [0.25, 0.3) is 0 Å². The Balaban J connectivity index is 1.89. The zero-order chi connectivity index (χ0) is 13.0. The molecule has 0 atom stereocenters. The number of hydrogen-bond donors (Lipinski definition) is 2. The van der Waals surface area contributed by atoms with Crippen molar-refractivity contribution in [1.82, 2.24) is 9.88 Å². The van der Waals surface area contributed by atoms with E-state index in [1.54, 1.807) is 18.2 Å². The van der Waals surface area contributed by atoms with E-state index < -0.39 is 0 Å². The molecule has 0 spiro atoms. The highest BCUT2D eigenvalue weighted by molar-refractivity contribution is 9.10. The predicted octanol–water partition coefficient (Wildman–Crippen LogP) is 2.26. The van der Waals surface area contributed by atoms with Crippen molar-refractivity contribution in [3.05, 3.63) is 52.8 Å². The van der Waals surface area contributed by atoms with Crippen LogP contribution in [-0.2, 0) is 6.54 Å². The Bertz CT molecular complexity index is 537. The Morgan fingerprint density at radius 1 is 1.33 bits per heavy atom. The number of halogens is 1. The molecular formula is C13H14BrN3O. The molecule has 18 heavy (non-hydrogen) atoms. The Labute approximate surface area is 114 Å². The molecule has 1 aromatic carbocycles. The maximum Gasteiger partial charge on any atom is 0.251 e.